The molecule has 0 amide bonds. The predicted molar refractivity (Wildman–Crippen MR) is 64.0 cm³/mol. The molecule has 0 unspecified atom stereocenters. The third kappa shape index (κ3) is 2.31. The molecule has 84 valence electrons. The van der Waals surface area contributed by atoms with Gasteiger partial charge in [-0.1, -0.05) is 17.7 Å². The quantitative estimate of drug-likeness (QED) is 0.883. The average molecular weight is 238 g/mol. The number of para-hydroxylation sites is 1. The van der Waals surface area contributed by atoms with E-state index in [-0.39, 0.29) is 0 Å². The first-order chi connectivity index (χ1) is 7.81. The summed E-state index contributed by atoms with van der Waals surface area (Å²) in [5, 5.41) is 3.83. The number of rotatable bonds is 4. The largest absolute Gasteiger partial charge is 0.493 e. The van der Waals surface area contributed by atoms with Crippen LogP contribution in [0.2, 0.25) is 5.02 Å². The topological polar surface area (TPSA) is 34.4 Å². The van der Waals surface area contributed by atoms with Crippen LogP contribution in [-0.2, 0) is 6.54 Å². The number of nitrogens with one attached hydrogen (secondary N) is 1. The summed E-state index contributed by atoms with van der Waals surface area (Å²) in [5.41, 5.74) is 1.94. The van der Waals surface area contributed by atoms with E-state index in [9.17, 15) is 0 Å². The van der Waals surface area contributed by atoms with Crippen molar-refractivity contribution in [3.63, 3.8) is 0 Å². The lowest BCUT2D eigenvalue weighted by Crippen LogP contribution is -2.00. The minimum atomic E-state index is 0.597. The van der Waals surface area contributed by atoms with Gasteiger partial charge in [0.05, 0.1) is 30.3 Å². The number of furan rings is 1. The van der Waals surface area contributed by atoms with Crippen LogP contribution >= 0.6 is 11.6 Å². The predicted octanol–water partition coefficient (Wildman–Crippen LogP) is 3.55. The summed E-state index contributed by atoms with van der Waals surface area (Å²) >= 11 is 6.01. The molecule has 0 aliphatic heterocycles. The smallest absolute Gasteiger partial charge is 0.160 e. The Morgan fingerprint density at radius 3 is 2.94 bits per heavy atom. The van der Waals surface area contributed by atoms with Gasteiger partial charge in [-0.2, -0.15) is 0 Å². The Bertz CT molecular complexity index is 454. The standard InChI is InChI=1S/C12H12ClNO2/c1-15-12-10(13)3-2-4-11(12)14-7-9-5-6-16-8-9/h2-6,8,14H,7H2,1H3. The van der Waals surface area contributed by atoms with Crippen molar-refractivity contribution >= 4 is 17.3 Å². The highest BCUT2D eigenvalue weighted by atomic mass is 35.5. The highest BCUT2D eigenvalue weighted by Gasteiger charge is 2.06. The molecule has 0 radical (unpaired) electrons. The van der Waals surface area contributed by atoms with E-state index in [1.165, 1.54) is 0 Å². The van der Waals surface area contributed by atoms with Gasteiger partial charge in [0.1, 0.15) is 0 Å². The molecule has 0 atom stereocenters. The summed E-state index contributed by atoms with van der Waals surface area (Å²) in [4.78, 5) is 0. The number of hydrogen-bond acceptors (Lipinski definition) is 3. The molecule has 2 aromatic rings. The first-order valence-corrected chi connectivity index (χ1v) is 5.26. The highest BCUT2D eigenvalue weighted by molar-refractivity contribution is 6.32. The second kappa shape index (κ2) is 4.94. The molecule has 0 saturated carbocycles. The second-order valence-corrected chi connectivity index (χ2v) is 3.71. The molecule has 0 saturated heterocycles. The van der Waals surface area contributed by atoms with E-state index in [0.717, 1.165) is 11.3 Å². The van der Waals surface area contributed by atoms with Gasteiger partial charge in [-0.05, 0) is 18.2 Å². The van der Waals surface area contributed by atoms with Crippen molar-refractivity contribution in [2.45, 2.75) is 6.54 Å². The normalized spacial score (nSPS) is 10.1. The minimum absolute atomic E-state index is 0.597. The molecule has 0 aliphatic carbocycles. The maximum absolute atomic E-state index is 6.01. The summed E-state index contributed by atoms with van der Waals surface area (Å²) in [6, 6.07) is 7.50. The van der Waals surface area contributed by atoms with Gasteiger partial charge in [-0.15, -0.1) is 0 Å². The summed E-state index contributed by atoms with van der Waals surface area (Å²) in [6.45, 7) is 0.674. The number of halogens is 1. The molecule has 0 aliphatic rings. The SMILES string of the molecule is COc1c(Cl)cccc1NCc1ccoc1. The maximum Gasteiger partial charge on any atom is 0.160 e. The van der Waals surface area contributed by atoms with Crippen LogP contribution in [0.1, 0.15) is 5.56 Å². The number of hydrogen-bond donors (Lipinski definition) is 1. The van der Waals surface area contributed by atoms with Gasteiger partial charge in [-0.3, -0.25) is 0 Å². The van der Waals surface area contributed by atoms with Crippen molar-refractivity contribution in [3.05, 3.63) is 47.4 Å². The molecular formula is C12H12ClNO2. The molecule has 0 fully saturated rings. The molecule has 0 bridgehead atoms. The first-order valence-electron chi connectivity index (χ1n) is 4.88. The lowest BCUT2D eigenvalue weighted by Gasteiger charge is -2.11. The van der Waals surface area contributed by atoms with Crippen LogP contribution in [0, 0.1) is 0 Å². The lowest BCUT2D eigenvalue weighted by atomic mass is 10.2. The van der Waals surface area contributed by atoms with Gasteiger partial charge in [0.15, 0.2) is 5.75 Å². The van der Waals surface area contributed by atoms with Crippen molar-refractivity contribution in [2.24, 2.45) is 0 Å². The molecule has 3 nitrogen and oxygen atoms in total. The van der Waals surface area contributed by atoms with Crippen LogP contribution in [-0.4, -0.2) is 7.11 Å². The number of methoxy groups -OCH3 is 1. The zero-order valence-electron chi connectivity index (χ0n) is 8.87. The van der Waals surface area contributed by atoms with E-state index < -0.39 is 0 Å². The molecule has 1 aromatic carbocycles. The van der Waals surface area contributed by atoms with Crippen LogP contribution in [0.4, 0.5) is 5.69 Å². The molecule has 1 heterocycles. The van der Waals surface area contributed by atoms with Gasteiger partial charge in [0.25, 0.3) is 0 Å². The first kappa shape index (κ1) is 10.9. The molecule has 4 heteroatoms. The van der Waals surface area contributed by atoms with Crippen LogP contribution in [0.3, 0.4) is 0 Å². The Labute approximate surface area is 99.0 Å². The Kier molecular flexibility index (Phi) is 3.37. The van der Waals surface area contributed by atoms with E-state index in [4.69, 9.17) is 20.8 Å². The maximum atomic E-state index is 6.01. The fraction of sp³-hybridized carbons (Fsp3) is 0.167. The fourth-order valence-electron chi connectivity index (χ4n) is 1.45. The van der Waals surface area contributed by atoms with Gasteiger partial charge >= 0.3 is 0 Å². The molecule has 2 rings (SSSR count). The van der Waals surface area contributed by atoms with Crippen molar-refractivity contribution in [1.82, 2.24) is 0 Å². The lowest BCUT2D eigenvalue weighted by molar-refractivity contribution is 0.416. The number of ether oxygens (including phenoxy) is 1. The van der Waals surface area contributed by atoms with Crippen molar-refractivity contribution in [1.29, 1.82) is 0 Å². The minimum Gasteiger partial charge on any atom is -0.493 e. The fourth-order valence-corrected chi connectivity index (χ4v) is 1.70. The zero-order chi connectivity index (χ0) is 11.4. The molecule has 0 spiro atoms. The van der Waals surface area contributed by atoms with E-state index >= 15 is 0 Å². The summed E-state index contributed by atoms with van der Waals surface area (Å²) < 4.78 is 10.2. The number of benzene rings is 1. The molecule has 1 aromatic heterocycles. The summed E-state index contributed by atoms with van der Waals surface area (Å²) in [5.74, 6) is 0.660. The Balaban J connectivity index is 2.12. The summed E-state index contributed by atoms with van der Waals surface area (Å²) in [6.07, 6.45) is 3.34. The Morgan fingerprint density at radius 2 is 2.25 bits per heavy atom. The van der Waals surface area contributed by atoms with Crippen molar-refractivity contribution in [3.8, 4) is 5.75 Å². The highest BCUT2D eigenvalue weighted by Crippen LogP contribution is 2.32. The van der Waals surface area contributed by atoms with Crippen LogP contribution in [0.15, 0.2) is 41.2 Å². The van der Waals surface area contributed by atoms with E-state index in [1.54, 1.807) is 25.7 Å². The van der Waals surface area contributed by atoms with Crippen LogP contribution < -0.4 is 10.1 Å². The zero-order valence-corrected chi connectivity index (χ0v) is 9.62. The van der Waals surface area contributed by atoms with E-state index in [1.807, 2.05) is 18.2 Å². The van der Waals surface area contributed by atoms with Gasteiger partial charge in [-0.25, -0.2) is 0 Å². The third-order valence-electron chi connectivity index (χ3n) is 2.23. The molecular weight excluding hydrogens is 226 g/mol. The number of anilines is 1. The van der Waals surface area contributed by atoms with Crippen molar-refractivity contribution in [2.75, 3.05) is 12.4 Å². The van der Waals surface area contributed by atoms with Gasteiger partial charge in [0.2, 0.25) is 0 Å². The monoisotopic (exact) mass is 237 g/mol. The van der Waals surface area contributed by atoms with E-state index in [2.05, 4.69) is 5.32 Å². The van der Waals surface area contributed by atoms with Crippen LogP contribution in [0.25, 0.3) is 0 Å². The Morgan fingerprint density at radius 1 is 1.38 bits per heavy atom. The second-order valence-electron chi connectivity index (χ2n) is 3.31. The molecule has 16 heavy (non-hydrogen) atoms. The van der Waals surface area contributed by atoms with Crippen LogP contribution in [0.5, 0.6) is 5.75 Å². The molecule has 1 N–H and O–H groups in total. The van der Waals surface area contributed by atoms with Gasteiger partial charge in [0, 0.05) is 12.1 Å². The summed E-state index contributed by atoms with van der Waals surface area (Å²) in [7, 11) is 1.60. The van der Waals surface area contributed by atoms with Gasteiger partial charge < -0.3 is 14.5 Å². The van der Waals surface area contributed by atoms with E-state index in [0.29, 0.717) is 17.3 Å². The third-order valence-corrected chi connectivity index (χ3v) is 2.53. The Hall–Kier alpha value is -1.61. The van der Waals surface area contributed by atoms with Crippen molar-refractivity contribution < 1.29 is 9.15 Å². The average Bonchev–Trinajstić information content (AvgIpc) is 2.79.